The highest BCUT2D eigenvalue weighted by atomic mass is 32.1. The summed E-state index contributed by atoms with van der Waals surface area (Å²) in [4.78, 5) is 11.2. The Morgan fingerprint density at radius 2 is 2.15 bits per heavy atom. The SMILES string of the molecule is C=CCOc1ccccc1CN=C(NCC)NCc1csc(N(C)C)n1. The molecule has 7 heteroatoms. The molecule has 0 atom stereocenters. The molecule has 1 heterocycles. The van der Waals surface area contributed by atoms with Gasteiger partial charge in [-0.1, -0.05) is 30.9 Å². The fraction of sp³-hybridized carbons (Fsp3) is 0.368. The molecular formula is C19H27N5OS. The molecule has 0 unspecified atom stereocenters. The maximum Gasteiger partial charge on any atom is 0.191 e. The van der Waals surface area contributed by atoms with Crippen molar-refractivity contribution in [3.63, 3.8) is 0 Å². The van der Waals surface area contributed by atoms with Gasteiger partial charge in [-0.2, -0.15) is 0 Å². The van der Waals surface area contributed by atoms with Crippen molar-refractivity contribution < 1.29 is 4.74 Å². The van der Waals surface area contributed by atoms with E-state index >= 15 is 0 Å². The number of hydrogen-bond donors (Lipinski definition) is 2. The Hall–Kier alpha value is -2.54. The summed E-state index contributed by atoms with van der Waals surface area (Å²) in [7, 11) is 3.99. The molecule has 2 N–H and O–H groups in total. The van der Waals surface area contributed by atoms with E-state index in [4.69, 9.17) is 4.74 Å². The van der Waals surface area contributed by atoms with Crippen molar-refractivity contribution >= 4 is 22.4 Å². The highest BCUT2D eigenvalue weighted by molar-refractivity contribution is 7.13. The third-order valence-electron chi connectivity index (χ3n) is 3.44. The first-order valence-corrected chi connectivity index (χ1v) is 9.47. The standard InChI is InChI=1S/C19H27N5OS/c1-5-11-25-17-10-8-7-9-15(17)12-21-18(20-6-2)22-13-16-14-26-19(23-16)24(3)4/h5,7-10,14H,1,6,11-13H2,2-4H3,(H2,20,21,22). The molecule has 0 aliphatic heterocycles. The van der Waals surface area contributed by atoms with Crippen LogP contribution in [0, 0.1) is 0 Å². The predicted octanol–water partition coefficient (Wildman–Crippen LogP) is 3.03. The first-order chi connectivity index (χ1) is 12.6. The summed E-state index contributed by atoms with van der Waals surface area (Å²) in [6, 6.07) is 7.92. The molecule has 0 aliphatic carbocycles. The topological polar surface area (TPSA) is 61.8 Å². The van der Waals surface area contributed by atoms with Crippen molar-refractivity contribution in [3.8, 4) is 5.75 Å². The molecule has 2 rings (SSSR count). The lowest BCUT2D eigenvalue weighted by Gasteiger charge is -2.12. The smallest absolute Gasteiger partial charge is 0.191 e. The minimum Gasteiger partial charge on any atom is -0.489 e. The van der Waals surface area contributed by atoms with Crippen molar-refractivity contribution in [2.45, 2.75) is 20.0 Å². The Morgan fingerprint density at radius 3 is 2.85 bits per heavy atom. The van der Waals surface area contributed by atoms with Gasteiger partial charge in [0.2, 0.25) is 0 Å². The molecule has 0 amide bonds. The third-order valence-corrected chi connectivity index (χ3v) is 4.50. The molecule has 6 nitrogen and oxygen atoms in total. The lowest BCUT2D eigenvalue weighted by molar-refractivity contribution is 0.359. The fourth-order valence-corrected chi connectivity index (χ4v) is 2.95. The van der Waals surface area contributed by atoms with Gasteiger partial charge < -0.3 is 20.3 Å². The lowest BCUT2D eigenvalue weighted by Crippen LogP contribution is -2.36. The Labute approximate surface area is 159 Å². The van der Waals surface area contributed by atoms with Crippen LogP contribution in [0.2, 0.25) is 0 Å². The van der Waals surface area contributed by atoms with Crippen LogP contribution >= 0.6 is 11.3 Å². The third kappa shape index (κ3) is 6.07. The quantitative estimate of drug-likeness (QED) is 0.402. The Kier molecular flexibility index (Phi) is 7.95. The lowest BCUT2D eigenvalue weighted by atomic mass is 10.2. The Balaban J connectivity index is 2.00. The summed E-state index contributed by atoms with van der Waals surface area (Å²) in [6.07, 6.45) is 1.74. The van der Waals surface area contributed by atoms with Gasteiger partial charge in [0.15, 0.2) is 11.1 Å². The number of ether oxygens (including phenoxy) is 1. The van der Waals surface area contributed by atoms with E-state index in [0.29, 0.717) is 19.7 Å². The van der Waals surface area contributed by atoms with Crippen LogP contribution < -0.4 is 20.3 Å². The Morgan fingerprint density at radius 1 is 1.35 bits per heavy atom. The number of hydrogen-bond acceptors (Lipinski definition) is 5. The first-order valence-electron chi connectivity index (χ1n) is 8.59. The number of guanidine groups is 1. The number of para-hydroxylation sites is 1. The number of rotatable bonds is 9. The van der Waals surface area contributed by atoms with Crippen LogP contribution in [0.5, 0.6) is 5.75 Å². The molecule has 0 spiro atoms. The molecule has 26 heavy (non-hydrogen) atoms. The molecule has 140 valence electrons. The average molecular weight is 374 g/mol. The van der Waals surface area contributed by atoms with Gasteiger partial charge in [-0.15, -0.1) is 11.3 Å². The summed E-state index contributed by atoms with van der Waals surface area (Å²) in [5, 5.41) is 9.65. The first kappa shape index (κ1) is 19.8. The maximum absolute atomic E-state index is 5.69. The molecule has 0 bridgehead atoms. The van der Waals surface area contributed by atoms with Crippen LogP contribution in [0.25, 0.3) is 0 Å². The maximum atomic E-state index is 5.69. The summed E-state index contributed by atoms with van der Waals surface area (Å²) in [5.41, 5.74) is 2.04. The summed E-state index contributed by atoms with van der Waals surface area (Å²) < 4.78 is 5.69. The zero-order chi connectivity index (χ0) is 18.8. The van der Waals surface area contributed by atoms with Gasteiger partial charge >= 0.3 is 0 Å². The minimum absolute atomic E-state index is 0.483. The van der Waals surface area contributed by atoms with E-state index in [0.717, 1.165) is 34.6 Å². The van der Waals surface area contributed by atoms with E-state index in [1.807, 2.05) is 50.2 Å². The highest BCUT2D eigenvalue weighted by Crippen LogP contribution is 2.19. The number of thiazole rings is 1. The molecular weight excluding hydrogens is 346 g/mol. The molecule has 0 fully saturated rings. The van der Waals surface area contributed by atoms with Crippen LogP contribution in [0.4, 0.5) is 5.13 Å². The van der Waals surface area contributed by atoms with E-state index < -0.39 is 0 Å². The zero-order valence-corrected chi connectivity index (χ0v) is 16.5. The Bertz CT molecular complexity index is 726. The molecule has 2 aromatic rings. The molecule has 1 aromatic heterocycles. The summed E-state index contributed by atoms with van der Waals surface area (Å²) in [5.74, 6) is 1.59. The van der Waals surface area contributed by atoms with Gasteiger partial charge in [0.1, 0.15) is 12.4 Å². The van der Waals surface area contributed by atoms with E-state index in [9.17, 15) is 0 Å². The van der Waals surface area contributed by atoms with Gasteiger partial charge in [0, 0.05) is 31.6 Å². The number of nitrogens with zero attached hydrogens (tertiary/aromatic N) is 3. The van der Waals surface area contributed by atoms with Crippen molar-refractivity contribution in [3.05, 3.63) is 53.6 Å². The number of nitrogens with one attached hydrogen (secondary N) is 2. The van der Waals surface area contributed by atoms with Crippen molar-refractivity contribution in [1.29, 1.82) is 0 Å². The molecule has 1 aromatic carbocycles. The van der Waals surface area contributed by atoms with E-state index in [2.05, 4.69) is 32.6 Å². The van der Waals surface area contributed by atoms with Gasteiger partial charge in [0.05, 0.1) is 18.8 Å². The van der Waals surface area contributed by atoms with Gasteiger partial charge in [-0.25, -0.2) is 9.98 Å². The fourth-order valence-electron chi connectivity index (χ4n) is 2.19. The number of anilines is 1. The van der Waals surface area contributed by atoms with Crippen LogP contribution in [0.1, 0.15) is 18.2 Å². The van der Waals surface area contributed by atoms with E-state index in [1.54, 1.807) is 17.4 Å². The van der Waals surface area contributed by atoms with Crippen LogP contribution in [0.15, 0.2) is 47.3 Å². The normalized spacial score (nSPS) is 11.1. The summed E-state index contributed by atoms with van der Waals surface area (Å²) >= 11 is 1.63. The molecule has 0 aliphatic rings. The highest BCUT2D eigenvalue weighted by Gasteiger charge is 2.06. The molecule has 0 saturated carbocycles. The second kappa shape index (κ2) is 10.5. The second-order valence-electron chi connectivity index (χ2n) is 5.77. The second-order valence-corrected chi connectivity index (χ2v) is 6.61. The molecule has 0 saturated heterocycles. The zero-order valence-electron chi connectivity index (χ0n) is 15.7. The summed E-state index contributed by atoms with van der Waals surface area (Å²) in [6.45, 7) is 8.17. The molecule has 0 radical (unpaired) electrons. The van der Waals surface area contributed by atoms with Crippen LogP contribution in [-0.2, 0) is 13.1 Å². The van der Waals surface area contributed by atoms with Crippen molar-refractivity contribution in [2.24, 2.45) is 4.99 Å². The number of benzene rings is 1. The average Bonchev–Trinajstić information content (AvgIpc) is 3.12. The van der Waals surface area contributed by atoms with Crippen LogP contribution in [0.3, 0.4) is 0 Å². The van der Waals surface area contributed by atoms with E-state index in [-0.39, 0.29) is 0 Å². The largest absolute Gasteiger partial charge is 0.489 e. The van der Waals surface area contributed by atoms with Crippen LogP contribution in [-0.4, -0.2) is 38.2 Å². The number of aromatic nitrogens is 1. The van der Waals surface area contributed by atoms with E-state index in [1.165, 1.54) is 0 Å². The predicted molar refractivity (Wildman–Crippen MR) is 110 cm³/mol. The van der Waals surface area contributed by atoms with Gasteiger partial charge in [-0.3, -0.25) is 0 Å². The van der Waals surface area contributed by atoms with Crippen molar-refractivity contribution in [1.82, 2.24) is 15.6 Å². The van der Waals surface area contributed by atoms with Gasteiger partial charge in [-0.05, 0) is 13.0 Å². The number of aliphatic imine (C=N–C) groups is 1. The van der Waals surface area contributed by atoms with Crippen molar-refractivity contribution in [2.75, 3.05) is 32.1 Å². The van der Waals surface area contributed by atoms with Gasteiger partial charge in [0.25, 0.3) is 0 Å². The minimum atomic E-state index is 0.483. The monoisotopic (exact) mass is 373 g/mol.